The van der Waals surface area contributed by atoms with Crippen LogP contribution in [0.4, 0.5) is 0 Å². The second-order valence-corrected chi connectivity index (χ2v) is 7.97. The Bertz CT molecular complexity index is 945. The van der Waals surface area contributed by atoms with Crippen molar-refractivity contribution in [1.82, 2.24) is 19.9 Å². The highest BCUT2D eigenvalue weighted by molar-refractivity contribution is 7.13. The zero-order valence-corrected chi connectivity index (χ0v) is 15.8. The summed E-state index contributed by atoms with van der Waals surface area (Å²) in [5, 5.41) is 2.06. The quantitative estimate of drug-likeness (QED) is 0.767. The first kappa shape index (κ1) is 17.1. The van der Waals surface area contributed by atoms with Crippen molar-refractivity contribution in [2.45, 2.75) is 39.3 Å². The number of hydrogen-bond acceptors (Lipinski definition) is 5. The molecule has 0 amide bonds. The minimum atomic E-state index is 0.00886. The first-order chi connectivity index (χ1) is 12.6. The number of hydrogen-bond donors (Lipinski definition) is 1. The molecule has 0 aromatic carbocycles. The highest BCUT2D eigenvalue weighted by Gasteiger charge is 2.21. The van der Waals surface area contributed by atoms with E-state index >= 15 is 0 Å². The van der Waals surface area contributed by atoms with Gasteiger partial charge in [0.1, 0.15) is 5.82 Å². The van der Waals surface area contributed by atoms with Crippen LogP contribution in [0.5, 0.6) is 0 Å². The number of H-pyrrole nitrogens is 1. The highest BCUT2D eigenvalue weighted by Crippen LogP contribution is 2.23. The molecule has 0 bridgehead atoms. The molecule has 0 aliphatic carbocycles. The number of aromatic amines is 1. The summed E-state index contributed by atoms with van der Waals surface area (Å²) in [4.78, 5) is 28.1. The summed E-state index contributed by atoms with van der Waals surface area (Å²) >= 11 is 1.70. The Hall–Kier alpha value is -2.31. The van der Waals surface area contributed by atoms with Crippen LogP contribution < -0.4 is 5.56 Å². The molecule has 6 heteroatoms. The van der Waals surface area contributed by atoms with Gasteiger partial charge in [-0.05, 0) is 23.1 Å². The van der Waals surface area contributed by atoms with E-state index in [-0.39, 0.29) is 11.5 Å². The SMILES string of the molecule is CC(C)c1nc2c(c(=O)[nH]1)CN(Cc1ccc(-c3cccs3)nc1)CC2. The van der Waals surface area contributed by atoms with Crippen molar-refractivity contribution in [3.63, 3.8) is 0 Å². The van der Waals surface area contributed by atoms with Crippen molar-refractivity contribution >= 4 is 11.3 Å². The Morgan fingerprint density at radius 2 is 2.19 bits per heavy atom. The molecule has 3 aromatic heterocycles. The lowest BCUT2D eigenvalue weighted by Gasteiger charge is -2.27. The fourth-order valence-corrected chi connectivity index (χ4v) is 3.96. The van der Waals surface area contributed by atoms with Gasteiger partial charge in [0.15, 0.2) is 0 Å². The number of nitrogens with zero attached hydrogens (tertiary/aromatic N) is 3. The van der Waals surface area contributed by atoms with Gasteiger partial charge in [-0.25, -0.2) is 4.98 Å². The molecule has 0 spiro atoms. The van der Waals surface area contributed by atoms with Crippen molar-refractivity contribution in [2.75, 3.05) is 6.54 Å². The minimum absolute atomic E-state index is 0.00886. The largest absolute Gasteiger partial charge is 0.310 e. The molecule has 3 aromatic rings. The Balaban J connectivity index is 1.48. The van der Waals surface area contributed by atoms with Crippen LogP contribution in [-0.4, -0.2) is 26.4 Å². The molecular weight excluding hydrogens is 344 g/mol. The fraction of sp³-hybridized carbons (Fsp3) is 0.350. The van der Waals surface area contributed by atoms with E-state index in [1.165, 1.54) is 4.88 Å². The molecule has 26 heavy (non-hydrogen) atoms. The zero-order chi connectivity index (χ0) is 18.1. The van der Waals surface area contributed by atoms with Crippen LogP contribution >= 0.6 is 11.3 Å². The number of pyridine rings is 1. The maximum atomic E-state index is 12.4. The van der Waals surface area contributed by atoms with E-state index in [9.17, 15) is 4.79 Å². The minimum Gasteiger partial charge on any atom is -0.310 e. The van der Waals surface area contributed by atoms with Gasteiger partial charge >= 0.3 is 0 Å². The third-order valence-electron chi connectivity index (χ3n) is 4.72. The first-order valence-corrected chi connectivity index (χ1v) is 9.81. The second kappa shape index (κ2) is 7.13. The Morgan fingerprint density at radius 3 is 2.88 bits per heavy atom. The molecule has 5 nitrogen and oxygen atoms in total. The van der Waals surface area contributed by atoms with Crippen molar-refractivity contribution in [3.05, 3.63) is 68.8 Å². The molecule has 4 rings (SSSR count). The van der Waals surface area contributed by atoms with Gasteiger partial charge in [0.2, 0.25) is 0 Å². The maximum absolute atomic E-state index is 12.4. The first-order valence-electron chi connectivity index (χ1n) is 8.93. The zero-order valence-electron chi connectivity index (χ0n) is 15.0. The predicted molar refractivity (Wildman–Crippen MR) is 104 cm³/mol. The summed E-state index contributed by atoms with van der Waals surface area (Å²) in [6.07, 6.45) is 2.76. The van der Waals surface area contributed by atoms with E-state index in [0.29, 0.717) is 6.54 Å². The van der Waals surface area contributed by atoms with Gasteiger partial charge in [0, 0.05) is 38.2 Å². The van der Waals surface area contributed by atoms with Crippen LogP contribution in [0.1, 0.15) is 42.4 Å². The van der Waals surface area contributed by atoms with Crippen molar-refractivity contribution in [1.29, 1.82) is 0 Å². The monoisotopic (exact) mass is 366 g/mol. The van der Waals surface area contributed by atoms with Gasteiger partial charge in [-0.2, -0.15) is 0 Å². The molecular formula is C20H22N4OS. The molecule has 0 atom stereocenters. The number of rotatable bonds is 4. The summed E-state index contributed by atoms with van der Waals surface area (Å²) in [7, 11) is 0. The van der Waals surface area contributed by atoms with Gasteiger partial charge in [-0.15, -0.1) is 11.3 Å². The average Bonchev–Trinajstić information content (AvgIpc) is 3.17. The predicted octanol–water partition coefficient (Wildman–Crippen LogP) is 3.58. The smallest absolute Gasteiger partial charge is 0.255 e. The molecule has 4 heterocycles. The average molecular weight is 366 g/mol. The second-order valence-electron chi connectivity index (χ2n) is 7.02. The summed E-state index contributed by atoms with van der Waals surface area (Å²) in [5.41, 5.74) is 3.95. The molecule has 0 unspecified atom stereocenters. The number of aromatic nitrogens is 3. The highest BCUT2D eigenvalue weighted by atomic mass is 32.1. The summed E-state index contributed by atoms with van der Waals surface area (Å²) in [6.45, 7) is 6.44. The molecule has 0 radical (unpaired) electrons. The normalized spacial score (nSPS) is 14.6. The van der Waals surface area contributed by atoms with E-state index in [1.54, 1.807) is 11.3 Å². The molecule has 0 saturated heterocycles. The van der Waals surface area contributed by atoms with Gasteiger partial charge in [-0.3, -0.25) is 14.7 Å². The lowest BCUT2D eigenvalue weighted by Crippen LogP contribution is -2.36. The van der Waals surface area contributed by atoms with E-state index in [0.717, 1.165) is 47.8 Å². The molecule has 0 fully saturated rings. The number of nitrogens with one attached hydrogen (secondary N) is 1. The summed E-state index contributed by atoms with van der Waals surface area (Å²) < 4.78 is 0. The molecule has 134 valence electrons. The number of thiophene rings is 1. The topological polar surface area (TPSA) is 61.9 Å². The molecule has 1 aliphatic heterocycles. The van der Waals surface area contributed by atoms with E-state index in [1.807, 2.05) is 26.1 Å². The van der Waals surface area contributed by atoms with E-state index < -0.39 is 0 Å². The van der Waals surface area contributed by atoms with Crippen LogP contribution in [0.25, 0.3) is 10.6 Å². The van der Waals surface area contributed by atoms with Crippen LogP contribution in [0.3, 0.4) is 0 Å². The van der Waals surface area contributed by atoms with Gasteiger partial charge in [-0.1, -0.05) is 26.0 Å². The van der Waals surface area contributed by atoms with Gasteiger partial charge in [0.05, 0.1) is 21.8 Å². The van der Waals surface area contributed by atoms with Crippen molar-refractivity contribution in [3.8, 4) is 10.6 Å². The van der Waals surface area contributed by atoms with Crippen molar-refractivity contribution in [2.24, 2.45) is 0 Å². The van der Waals surface area contributed by atoms with Crippen molar-refractivity contribution < 1.29 is 0 Å². The third kappa shape index (κ3) is 3.48. The Kier molecular flexibility index (Phi) is 4.70. The Morgan fingerprint density at radius 1 is 1.31 bits per heavy atom. The molecule has 1 N–H and O–H groups in total. The molecule has 0 saturated carbocycles. The third-order valence-corrected chi connectivity index (χ3v) is 5.61. The summed E-state index contributed by atoms with van der Waals surface area (Å²) in [6, 6.07) is 8.32. The van der Waals surface area contributed by atoms with E-state index in [2.05, 4.69) is 43.4 Å². The lowest BCUT2D eigenvalue weighted by molar-refractivity contribution is 0.241. The van der Waals surface area contributed by atoms with Crippen LogP contribution in [0.2, 0.25) is 0 Å². The fourth-order valence-electron chi connectivity index (χ4n) is 3.25. The van der Waals surface area contributed by atoms with Crippen LogP contribution in [-0.2, 0) is 19.5 Å². The maximum Gasteiger partial charge on any atom is 0.255 e. The number of fused-ring (bicyclic) bond motifs is 1. The standard InChI is InChI=1S/C20H22N4OS/c1-13(2)19-22-16-7-8-24(12-15(16)20(25)23-19)11-14-5-6-17(21-10-14)18-4-3-9-26-18/h3-6,9-10,13H,7-8,11-12H2,1-2H3,(H,22,23,25). The van der Waals surface area contributed by atoms with Crippen LogP contribution in [0.15, 0.2) is 40.6 Å². The lowest BCUT2D eigenvalue weighted by atomic mass is 10.1. The van der Waals surface area contributed by atoms with Gasteiger partial charge < -0.3 is 4.98 Å². The molecule has 1 aliphatic rings. The van der Waals surface area contributed by atoms with Gasteiger partial charge in [0.25, 0.3) is 5.56 Å². The van der Waals surface area contributed by atoms with E-state index in [4.69, 9.17) is 0 Å². The summed E-state index contributed by atoms with van der Waals surface area (Å²) in [5.74, 6) is 1.02. The Labute approximate surface area is 156 Å². The van der Waals surface area contributed by atoms with Crippen LogP contribution in [0, 0.1) is 0 Å².